The molecule has 0 N–H and O–H groups in total. The summed E-state index contributed by atoms with van der Waals surface area (Å²) in [7, 11) is 0. The van der Waals surface area contributed by atoms with E-state index in [-0.39, 0.29) is 0 Å². The highest BCUT2D eigenvalue weighted by atomic mass is 15.3. The lowest BCUT2D eigenvalue weighted by Crippen LogP contribution is -2.53. The van der Waals surface area contributed by atoms with Crippen LogP contribution in [-0.4, -0.2) is 41.5 Å². The van der Waals surface area contributed by atoms with Crippen molar-refractivity contribution in [2.45, 2.75) is 40.2 Å². The molecule has 0 amide bonds. The summed E-state index contributed by atoms with van der Waals surface area (Å²) in [5, 5.41) is 0. The quantitative estimate of drug-likeness (QED) is 0.574. The van der Waals surface area contributed by atoms with Crippen molar-refractivity contribution < 1.29 is 0 Å². The van der Waals surface area contributed by atoms with Crippen LogP contribution in [0.1, 0.15) is 34.6 Å². The Hall–Kier alpha value is -0.0800. The molecule has 0 unspecified atom stereocenters. The zero-order valence-electron chi connectivity index (χ0n) is 9.72. The summed E-state index contributed by atoms with van der Waals surface area (Å²) in [4.78, 5) is 5.04. The van der Waals surface area contributed by atoms with E-state index >= 15 is 0 Å². The van der Waals surface area contributed by atoms with Crippen LogP contribution in [0, 0.1) is 6.04 Å². The van der Waals surface area contributed by atoms with E-state index in [9.17, 15) is 0 Å². The van der Waals surface area contributed by atoms with Crippen LogP contribution < -0.4 is 0 Å². The number of nitrogens with zero attached hydrogens (tertiary/aromatic N) is 2. The molecule has 2 nitrogen and oxygen atoms in total. The van der Waals surface area contributed by atoms with Crippen LogP contribution in [0.25, 0.3) is 0 Å². The second-order valence-electron chi connectivity index (χ2n) is 5.09. The van der Waals surface area contributed by atoms with Gasteiger partial charge in [0, 0.05) is 18.6 Å². The normalized spacial score (nSPS) is 22.6. The molecule has 0 aliphatic carbocycles. The van der Waals surface area contributed by atoms with Crippen LogP contribution in [0.5, 0.6) is 0 Å². The van der Waals surface area contributed by atoms with Gasteiger partial charge in [-0.05, 0) is 33.9 Å². The standard InChI is InChI=1S/C11H23N2/c1-10(2)12-6-8-13(9-7-12)11(3,4)5/h6-9H2,1-5H3/q-1. The fourth-order valence-electron chi connectivity index (χ4n) is 1.82. The van der Waals surface area contributed by atoms with Crippen LogP contribution in [0.4, 0.5) is 0 Å². The molecule has 0 bridgehead atoms. The van der Waals surface area contributed by atoms with Gasteiger partial charge in [0.05, 0.1) is 0 Å². The van der Waals surface area contributed by atoms with Crippen molar-refractivity contribution in [3.05, 3.63) is 6.04 Å². The fraction of sp³-hybridized carbons (Fsp3) is 0.909. The van der Waals surface area contributed by atoms with Crippen molar-refractivity contribution in [2.75, 3.05) is 26.2 Å². The number of rotatable bonds is 1. The third-order valence-electron chi connectivity index (χ3n) is 2.86. The molecule has 78 valence electrons. The van der Waals surface area contributed by atoms with Crippen molar-refractivity contribution in [3.63, 3.8) is 0 Å². The molecule has 1 aliphatic rings. The highest BCUT2D eigenvalue weighted by Crippen LogP contribution is 2.18. The van der Waals surface area contributed by atoms with Crippen LogP contribution in [0.2, 0.25) is 0 Å². The molecular weight excluding hydrogens is 160 g/mol. The third kappa shape index (κ3) is 2.96. The summed E-state index contributed by atoms with van der Waals surface area (Å²) >= 11 is 0. The minimum atomic E-state index is 0.341. The topological polar surface area (TPSA) is 6.48 Å². The summed E-state index contributed by atoms with van der Waals surface area (Å²) in [5.41, 5.74) is 0.341. The Morgan fingerprint density at radius 3 is 1.69 bits per heavy atom. The average molecular weight is 183 g/mol. The number of piperazine rings is 1. The summed E-state index contributed by atoms with van der Waals surface area (Å²) in [6.07, 6.45) is 0. The number of hydrogen-bond donors (Lipinski definition) is 0. The van der Waals surface area contributed by atoms with Gasteiger partial charge in [0.15, 0.2) is 0 Å². The second kappa shape index (κ2) is 3.97. The zero-order chi connectivity index (χ0) is 10.1. The van der Waals surface area contributed by atoms with Gasteiger partial charge < -0.3 is 4.90 Å². The summed E-state index contributed by atoms with van der Waals surface area (Å²) < 4.78 is 0. The van der Waals surface area contributed by atoms with Crippen molar-refractivity contribution in [1.29, 1.82) is 0 Å². The first-order chi connectivity index (χ1) is 5.91. The Bertz CT molecular complexity index is 150. The molecule has 0 spiro atoms. The maximum Gasteiger partial charge on any atom is 0.0126 e. The first kappa shape index (κ1) is 11.0. The number of hydrogen-bond acceptors (Lipinski definition) is 2. The summed E-state index contributed by atoms with van der Waals surface area (Å²) in [6.45, 7) is 16.1. The zero-order valence-corrected chi connectivity index (χ0v) is 9.72. The van der Waals surface area contributed by atoms with Crippen LogP contribution in [0.15, 0.2) is 0 Å². The smallest absolute Gasteiger partial charge is 0.0126 e. The van der Waals surface area contributed by atoms with Gasteiger partial charge in [0.25, 0.3) is 0 Å². The van der Waals surface area contributed by atoms with E-state index in [1.807, 2.05) is 0 Å². The fourth-order valence-corrected chi connectivity index (χ4v) is 1.82. The van der Waals surface area contributed by atoms with E-state index in [2.05, 4.69) is 44.4 Å². The molecule has 0 saturated carbocycles. The Morgan fingerprint density at radius 1 is 0.923 bits per heavy atom. The van der Waals surface area contributed by atoms with Gasteiger partial charge in [-0.15, -0.1) is 0 Å². The molecule has 0 aromatic carbocycles. The van der Waals surface area contributed by atoms with Crippen LogP contribution in [0.3, 0.4) is 0 Å². The van der Waals surface area contributed by atoms with E-state index in [4.69, 9.17) is 0 Å². The Balaban J connectivity index is 2.39. The van der Waals surface area contributed by atoms with E-state index in [1.165, 1.54) is 32.2 Å². The average Bonchev–Trinajstić information content (AvgIpc) is 2.03. The highest BCUT2D eigenvalue weighted by molar-refractivity contribution is 4.87. The van der Waals surface area contributed by atoms with Crippen LogP contribution in [-0.2, 0) is 0 Å². The Kier molecular flexibility index (Phi) is 3.36. The predicted molar refractivity (Wildman–Crippen MR) is 57.5 cm³/mol. The molecule has 0 aromatic rings. The van der Waals surface area contributed by atoms with Gasteiger partial charge in [-0.25, -0.2) is 0 Å². The van der Waals surface area contributed by atoms with Crippen molar-refractivity contribution >= 4 is 0 Å². The molecule has 1 heterocycles. The predicted octanol–water partition coefficient (Wildman–Crippen LogP) is 1.97. The third-order valence-corrected chi connectivity index (χ3v) is 2.86. The Morgan fingerprint density at radius 2 is 1.38 bits per heavy atom. The highest BCUT2D eigenvalue weighted by Gasteiger charge is 2.23. The van der Waals surface area contributed by atoms with E-state index in [1.54, 1.807) is 0 Å². The lowest BCUT2D eigenvalue weighted by atomic mass is 10.0. The lowest BCUT2D eigenvalue weighted by Gasteiger charge is -2.49. The molecule has 1 rings (SSSR count). The largest absolute Gasteiger partial charge is 0.452 e. The summed E-state index contributed by atoms with van der Waals surface area (Å²) in [5.74, 6) is 0. The molecule has 0 atom stereocenters. The minimum absolute atomic E-state index is 0.341. The van der Waals surface area contributed by atoms with Crippen molar-refractivity contribution in [3.8, 4) is 0 Å². The molecule has 1 fully saturated rings. The van der Waals surface area contributed by atoms with E-state index < -0.39 is 0 Å². The second-order valence-corrected chi connectivity index (χ2v) is 5.09. The molecule has 1 aliphatic heterocycles. The minimum Gasteiger partial charge on any atom is -0.452 e. The van der Waals surface area contributed by atoms with E-state index in [0.717, 1.165) is 0 Å². The SMILES string of the molecule is C[C-](C)N1CCN(C(C)(C)C)CC1. The maximum atomic E-state index is 2.56. The summed E-state index contributed by atoms with van der Waals surface area (Å²) in [6, 6.07) is 1.45. The lowest BCUT2D eigenvalue weighted by molar-refractivity contribution is 0.0668. The molecule has 0 aromatic heterocycles. The first-order valence-electron chi connectivity index (χ1n) is 5.21. The molecule has 1 saturated heterocycles. The van der Waals surface area contributed by atoms with E-state index in [0.29, 0.717) is 5.54 Å². The van der Waals surface area contributed by atoms with Gasteiger partial charge in [0.1, 0.15) is 0 Å². The van der Waals surface area contributed by atoms with Gasteiger partial charge in [-0.2, -0.15) is 13.8 Å². The molecular formula is C11H23N2-. The molecule has 2 heteroatoms. The van der Waals surface area contributed by atoms with Gasteiger partial charge in [-0.3, -0.25) is 10.9 Å². The van der Waals surface area contributed by atoms with Gasteiger partial charge in [-0.1, -0.05) is 0 Å². The van der Waals surface area contributed by atoms with Crippen molar-refractivity contribution in [1.82, 2.24) is 9.80 Å². The molecule has 0 radical (unpaired) electrons. The van der Waals surface area contributed by atoms with Gasteiger partial charge >= 0.3 is 0 Å². The van der Waals surface area contributed by atoms with Gasteiger partial charge in [0.2, 0.25) is 0 Å². The Labute approximate surface area is 82.9 Å². The van der Waals surface area contributed by atoms with Crippen molar-refractivity contribution in [2.24, 2.45) is 0 Å². The first-order valence-corrected chi connectivity index (χ1v) is 5.21. The molecule has 13 heavy (non-hydrogen) atoms. The monoisotopic (exact) mass is 183 g/mol. The van der Waals surface area contributed by atoms with Crippen LogP contribution >= 0.6 is 0 Å². The maximum absolute atomic E-state index is 2.56.